The highest BCUT2D eigenvalue weighted by molar-refractivity contribution is 9.10. The van der Waals surface area contributed by atoms with Crippen LogP contribution in [0.5, 0.6) is 0 Å². The van der Waals surface area contributed by atoms with Crippen molar-refractivity contribution in [1.29, 1.82) is 0 Å². The third-order valence-corrected chi connectivity index (χ3v) is 7.02. The van der Waals surface area contributed by atoms with Crippen molar-refractivity contribution in [3.8, 4) is 0 Å². The molecule has 2 aliphatic rings. The summed E-state index contributed by atoms with van der Waals surface area (Å²) in [6.45, 7) is 3.58. The maximum absolute atomic E-state index is 12.8. The second-order valence-corrected chi connectivity index (χ2v) is 9.73. The number of benzene rings is 1. The predicted octanol–water partition coefficient (Wildman–Crippen LogP) is 2.54. The normalized spacial score (nSPS) is 24.7. The fourth-order valence-electron chi connectivity index (χ4n) is 3.59. The van der Waals surface area contributed by atoms with Gasteiger partial charge in [-0.05, 0) is 38.0 Å². The van der Waals surface area contributed by atoms with Crippen LogP contribution in [-0.4, -0.2) is 49.5 Å². The molecule has 0 unspecified atom stereocenters. The van der Waals surface area contributed by atoms with Gasteiger partial charge in [-0.15, -0.1) is 0 Å². The Morgan fingerprint density at radius 3 is 2.74 bits per heavy atom. The summed E-state index contributed by atoms with van der Waals surface area (Å²) in [7, 11) is -3.18. The van der Waals surface area contributed by atoms with Crippen molar-refractivity contribution >= 4 is 37.8 Å². The molecule has 1 N–H and O–H groups in total. The van der Waals surface area contributed by atoms with Crippen LogP contribution in [0.4, 0.5) is 4.79 Å². The van der Waals surface area contributed by atoms with Crippen molar-refractivity contribution in [3.63, 3.8) is 0 Å². The highest BCUT2D eigenvalue weighted by Crippen LogP contribution is 2.35. The topological polar surface area (TPSA) is 92.8 Å². The SMILES string of the molecule is CCOC(=O)C1=C(C)N([C@H]2CCS(=O)(=O)C2)C(=O)N[C@@H]1c1cccc(Br)c1. The molecular weight excluding hydrogens is 436 g/mol. The number of amides is 2. The van der Waals surface area contributed by atoms with Crippen LogP contribution in [0.25, 0.3) is 0 Å². The Morgan fingerprint density at radius 2 is 2.15 bits per heavy atom. The molecule has 2 amide bonds. The number of halogens is 1. The van der Waals surface area contributed by atoms with Gasteiger partial charge in [0.1, 0.15) is 0 Å². The smallest absolute Gasteiger partial charge is 0.338 e. The number of hydrogen-bond donors (Lipinski definition) is 1. The first-order valence-electron chi connectivity index (χ1n) is 8.67. The molecule has 9 heteroatoms. The Morgan fingerprint density at radius 1 is 1.41 bits per heavy atom. The highest BCUT2D eigenvalue weighted by atomic mass is 79.9. The maximum Gasteiger partial charge on any atom is 0.338 e. The van der Waals surface area contributed by atoms with Crippen molar-refractivity contribution in [1.82, 2.24) is 10.2 Å². The van der Waals surface area contributed by atoms with Crippen LogP contribution >= 0.6 is 15.9 Å². The number of nitrogens with zero attached hydrogens (tertiary/aromatic N) is 1. The number of hydrogen-bond acceptors (Lipinski definition) is 5. The summed E-state index contributed by atoms with van der Waals surface area (Å²) in [5, 5.41) is 2.85. The van der Waals surface area contributed by atoms with Gasteiger partial charge in [0.2, 0.25) is 0 Å². The average molecular weight is 457 g/mol. The minimum Gasteiger partial charge on any atom is -0.463 e. The van der Waals surface area contributed by atoms with Gasteiger partial charge >= 0.3 is 12.0 Å². The Kier molecular flexibility index (Phi) is 5.62. The lowest BCUT2D eigenvalue weighted by Crippen LogP contribution is -2.52. The molecule has 1 aromatic carbocycles. The van der Waals surface area contributed by atoms with Crippen LogP contribution in [0.15, 0.2) is 40.0 Å². The number of urea groups is 1. The van der Waals surface area contributed by atoms with E-state index < -0.39 is 33.9 Å². The quantitative estimate of drug-likeness (QED) is 0.702. The van der Waals surface area contributed by atoms with E-state index in [-0.39, 0.29) is 18.1 Å². The van der Waals surface area contributed by atoms with Gasteiger partial charge in [0.25, 0.3) is 0 Å². The number of carbonyl (C=O) groups is 2. The second-order valence-electron chi connectivity index (χ2n) is 6.58. The average Bonchev–Trinajstić information content (AvgIpc) is 2.94. The van der Waals surface area contributed by atoms with E-state index in [1.165, 1.54) is 4.90 Å². The predicted molar refractivity (Wildman–Crippen MR) is 104 cm³/mol. The minimum absolute atomic E-state index is 0.0402. The molecule has 1 aromatic rings. The van der Waals surface area contributed by atoms with E-state index in [0.717, 1.165) is 10.0 Å². The first-order valence-corrected chi connectivity index (χ1v) is 11.3. The zero-order valence-electron chi connectivity index (χ0n) is 15.1. The van der Waals surface area contributed by atoms with E-state index in [1.807, 2.05) is 24.3 Å². The van der Waals surface area contributed by atoms with E-state index in [0.29, 0.717) is 17.7 Å². The lowest BCUT2D eigenvalue weighted by atomic mass is 9.94. The van der Waals surface area contributed by atoms with Gasteiger partial charge in [0.05, 0.1) is 35.8 Å². The van der Waals surface area contributed by atoms with Crippen LogP contribution in [0.2, 0.25) is 0 Å². The molecule has 2 heterocycles. The summed E-state index contributed by atoms with van der Waals surface area (Å²) in [4.78, 5) is 26.9. The lowest BCUT2D eigenvalue weighted by Gasteiger charge is -2.38. The molecule has 0 bridgehead atoms. The number of rotatable bonds is 4. The molecule has 2 aliphatic heterocycles. The molecule has 3 rings (SSSR count). The molecule has 0 aliphatic carbocycles. The Hall–Kier alpha value is -1.87. The van der Waals surface area contributed by atoms with E-state index in [4.69, 9.17) is 4.74 Å². The highest BCUT2D eigenvalue weighted by Gasteiger charge is 2.42. The van der Waals surface area contributed by atoms with Gasteiger partial charge in [-0.1, -0.05) is 28.1 Å². The number of carbonyl (C=O) groups excluding carboxylic acids is 2. The van der Waals surface area contributed by atoms with Crippen molar-refractivity contribution in [2.75, 3.05) is 18.1 Å². The molecule has 146 valence electrons. The number of allylic oxidation sites excluding steroid dienone is 1. The summed E-state index contributed by atoms with van der Waals surface area (Å²) in [6, 6.07) is 5.76. The van der Waals surface area contributed by atoms with Gasteiger partial charge in [-0.3, -0.25) is 4.90 Å². The van der Waals surface area contributed by atoms with Crippen LogP contribution in [0.3, 0.4) is 0 Å². The first kappa shape index (κ1) is 19.9. The third-order valence-electron chi connectivity index (χ3n) is 4.78. The Labute approximate surface area is 166 Å². The summed E-state index contributed by atoms with van der Waals surface area (Å²) in [6.07, 6.45) is 0.352. The van der Waals surface area contributed by atoms with Gasteiger partial charge < -0.3 is 10.1 Å². The second kappa shape index (κ2) is 7.63. The van der Waals surface area contributed by atoms with Gasteiger partial charge in [-0.25, -0.2) is 18.0 Å². The molecule has 0 spiro atoms. The third kappa shape index (κ3) is 4.03. The molecule has 0 saturated carbocycles. The monoisotopic (exact) mass is 456 g/mol. The van der Waals surface area contributed by atoms with E-state index in [2.05, 4.69) is 21.2 Å². The van der Waals surface area contributed by atoms with E-state index in [9.17, 15) is 18.0 Å². The summed E-state index contributed by atoms with van der Waals surface area (Å²) < 4.78 is 29.8. The Bertz CT molecular complexity index is 912. The van der Waals surface area contributed by atoms with Crippen molar-refractivity contribution < 1.29 is 22.7 Å². The standard InChI is InChI=1S/C18H21BrN2O5S/c1-3-26-17(22)15-11(2)21(14-7-8-27(24,25)10-14)18(23)20-16(15)12-5-4-6-13(19)9-12/h4-6,9,14,16H,3,7-8,10H2,1-2H3,(H,20,23)/t14-,16+/m0/s1. The summed E-state index contributed by atoms with van der Waals surface area (Å²) in [5.41, 5.74) is 1.49. The summed E-state index contributed by atoms with van der Waals surface area (Å²) >= 11 is 3.40. The summed E-state index contributed by atoms with van der Waals surface area (Å²) in [5.74, 6) is -0.584. The zero-order valence-corrected chi connectivity index (χ0v) is 17.5. The van der Waals surface area contributed by atoms with Gasteiger partial charge in [-0.2, -0.15) is 0 Å². The van der Waals surface area contributed by atoms with Crippen LogP contribution in [0, 0.1) is 0 Å². The number of nitrogens with one attached hydrogen (secondary N) is 1. The van der Waals surface area contributed by atoms with Crippen molar-refractivity contribution in [2.45, 2.75) is 32.4 Å². The largest absolute Gasteiger partial charge is 0.463 e. The van der Waals surface area contributed by atoms with E-state index >= 15 is 0 Å². The van der Waals surface area contributed by atoms with Crippen molar-refractivity contribution in [2.24, 2.45) is 0 Å². The lowest BCUT2D eigenvalue weighted by molar-refractivity contribution is -0.139. The van der Waals surface area contributed by atoms with Gasteiger partial charge in [0.15, 0.2) is 9.84 Å². The maximum atomic E-state index is 12.8. The number of esters is 1. The molecule has 1 saturated heterocycles. The van der Waals surface area contributed by atoms with E-state index in [1.54, 1.807) is 13.8 Å². The van der Waals surface area contributed by atoms with Crippen LogP contribution in [0.1, 0.15) is 31.9 Å². The zero-order chi connectivity index (χ0) is 19.8. The van der Waals surface area contributed by atoms with Crippen LogP contribution in [-0.2, 0) is 19.4 Å². The number of sulfone groups is 1. The number of ether oxygens (including phenoxy) is 1. The molecule has 2 atom stereocenters. The fourth-order valence-corrected chi connectivity index (χ4v) is 5.70. The molecule has 7 nitrogen and oxygen atoms in total. The molecule has 0 aromatic heterocycles. The molecule has 27 heavy (non-hydrogen) atoms. The molecule has 0 radical (unpaired) electrons. The van der Waals surface area contributed by atoms with Gasteiger partial charge in [0, 0.05) is 10.2 Å². The minimum atomic E-state index is -3.18. The fraction of sp³-hybridized carbons (Fsp3) is 0.444. The van der Waals surface area contributed by atoms with Crippen molar-refractivity contribution in [3.05, 3.63) is 45.6 Å². The van der Waals surface area contributed by atoms with Crippen LogP contribution < -0.4 is 5.32 Å². The molecule has 1 fully saturated rings. The Balaban J connectivity index is 2.07. The molecular formula is C18H21BrN2O5S. The first-order chi connectivity index (χ1) is 12.7.